The highest BCUT2D eigenvalue weighted by molar-refractivity contribution is 7.91. The summed E-state index contributed by atoms with van der Waals surface area (Å²) >= 11 is 1.19. The van der Waals surface area contributed by atoms with Crippen LogP contribution in [0.3, 0.4) is 0 Å². The summed E-state index contributed by atoms with van der Waals surface area (Å²) in [6.07, 6.45) is 6.42. The van der Waals surface area contributed by atoms with Crippen LogP contribution in [0.25, 0.3) is 0 Å². The molecule has 2 N–H and O–H groups in total. The van der Waals surface area contributed by atoms with Crippen molar-refractivity contribution in [3.8, 4) is 0 Å². The quantitative estimate of drug-likeness (QED) is 0.707. The Balaban J connectivity index is 1.83. The van der Waals surface area contributed by atoms with Gasteiger partial charge in [-0.3, -0.25) is 0 Å². The van der Waals surface area contributed by atoms with Crippen molar-refractivity contribution >= 4 is 21.4 Å². The highest BCUT2D eigenvalue weighted by atomic mass is 32.2. The molecule has 0 saturated heterocycles. The first-order valence-electron chi connectivity index (χ1n) is 6.27. The number of sulfonamides is 1. The predicted octanol–water partition coefficient (Wildman–Crippen LogP) is 0.848. The number of thiophene rings is 1. The molecule has 110 valence electrons. The van der Waals surface area contributed by atoms with E-state index in [9.17, 15) is 8.42 Å². The summed E-state index contributed by atoms with van der Waals surface area (Å²) in [5, 5.41) is 8.83. The standard InChI is InChI=1S/C12H17N3O3S2/c16-9-4-11-2-3-12(19-11)20(17,18)14-5-1-7-15-8-6-13-10-15/h2-3,6,8,10,14,16H,1,4-5,7,9H2. The molecule has 0 unspecified atom stereocenters. The summed E-state index contributed by atoms with van der Waals surface area (Å²) in [6, 6.07) is 3.31. The van der Waals surface area contributed by atoms with Crippen LogP contribution in [0.5, 0.6) is 0 Å². The van der Waals surface area contributed by atoms with Crippen LogP contribution in [0.4, 0.5) is 0 Å². The van der Waals surface area contributed by atoms with E-state index in [0.717, 1.165) is 11.4 Å². The molecule has 0 amide bonds. The molecule has 0 spiro atoms. The van der Waals surface area contributed by atoms with Crippen LogP contribution >= 0.6 is 11.3 Å². The number of imidazole rings is 1. The molecule has 2 aromatic rings. The lowest BCUT2D eigenvalue weighted by atomic mass is 10.4. The zero-order chi connectivity index (χ0) is 14.4. The molecule has 20 heavy (non-hydrogen) atoms. The van der Waals surface area contributed by atoms with Crippen LogP contribution in [0.15, 0.2) is 35.1 Å². The molecule has 2 aromatic heterocycles. The molecule has 0 aliphatic heterocycles. The summed E-state index contributed by atoms with van der Waals surface area (Å²) in [6.45, 7) is 1.13. The number of hydrogen-bond donors (Lipinski definition) is 2. The van der Waals surface area contributed by atoms with Gasteiger partial charge in [-0.25, -0.2) is 18.1 Å². The first kappa shape index (κ1) is 15.2. The minimum absolute atomic E-state index is 0.0261. The maximum atomic E-state index is 12.0. The molecule has 0 fully saturated rings. The van der Waals surface area contributed by atoms with E-state index in [0.29, 0.717) is 23.6 Å². The van der Waals surface area contributed by atoms with Gasteiger partial charge in [-0.15, -0.1) is 11.3 Å². The molecule has 0 aliphatic carbocycles. The molecule has 0 aromatic carbocycles. The van der Waals surface area contributed by atoms with Crippen molar-refractivity contribution in [1.82, 2.24) is 14.3 Å². The van der Waals surface area contributed by atoms with Gasteiger partial charge in [-0.05, 0) is 18.6 Å². The smallest absolute Gasteiger partial charge is 0.250 e. The zero-order valence-corrected chi connectivity index (χ0v) is 12.5. The Kier molecular flexibility index (Phi) is 5.30. The Morgan fingerprint density at radius 1 is 1.40 bits per heavy atom. The lowest BCUT2D eigenvalue weighted by Crippen LogP contribution is -2.24. The van der Waals surface area contributed by atoms with E-state index in [1.165, 1.54) is 11.3 Å². The number of nitrogens with zero attached hydrogens (tertiary/aromatic N) is 2. The van der Waals surface area contributed by atoms with E-state index in [1.807, 2.05) is 10.8 Å². The van der Waals surface area contributed by atoms with Gasteiger partial charge in [0, 0.05) is 43.4 Å². The second kappa shape index (κ2) is 6.98. The predicted molar refractivity (Wildman–Crippen MR) is 77.1 cm³/mol. The average molecular weight is 315 g/mol. The fourth-order valence-corrected chi connectivity index (χ4v) is 4.17. The molecular formula is C12H17N3O3S2. The number of aliphatic hydroxyl groups is 1. The number of rotatable bonds is 8. The molecule has 0 saturated carbocycles. The zero-order valence-electron chi connectivity index (χ0n) is 10.9. The Hall–Kier alpha value is -1.22. The fourth-order valence-electron chi connectivity index (χ4n) is 1.71. The summed E-state index contributed by atoms with van der Waals surface area (Å²) in [5.41, 5.74) is 0. The third-order valence-electron chi connectivity index (χ3n) is 2.70. The van der Waals surface area contributed by atoms with Gasteiger partial charge in [-0.2, -0.15) is 0 Å². The average Bonchev–Trinajstić information content (AvgIpc) is 3.06. The minimum atomic E-state index is -3.44. The fraction of sp³-hybridized carbons (Fsp3) is 0.417. The highest BCUT2D eigenvalue weighted by Crippen LogP contribution is 2.21. The van der Waals surface area contributed by atoms with Crippen molar-refractivity contribution in [2.75, 3.05) is 13.2 Å². The summed E-state index contributed by atoms with van der Waals surface area (Å²) in [7, 11) is -3.44. The van der Waals surface area contributed by atoms with Crippen LogP contribution < -0.4 is 4.72 Å². The normalized spacial score (nSPS) is 11.8. The molecule has 8 heteroatoms. The van der Waals surface area contributed by atoms with Crippen molar-refractivity contribution in [3.05, 3.63) is 35.7 Å². The van der Waals surface area contributed by atoms with E-state index in [2.05, 4.69) is 9.71 Å². The van der Waals surface area contributed by atoms with Gasteiger partial charge in [0.15, 0.2) is 0 Å². The van der Waals surface area contributed by atoms with Gasteiger partial charge in [0.2, 0.25) is 10.0 Å². The Morgan fingerprint density at radius 2 is 2.25 bits per heavy atom. The number of hydrogen-bond acceptors (Lipinski definition) is 5. The van der Waals surface area contributed by atoms with E-state index >= 15 is 0 Å². The SMILES string of the molecule is O=S(=O)(NCCCn1ccnc1)c1ccc(CCO)s1. The lowest BCUT2D eigenvalue weighted by molar-refractivity contribution is 0.300. The third kappa shape index (κ3) is 4.14. The molecule has 2 heterocycles. The second-order valence-corrected chi connectivity index (χ2v) is 7.41. The minimum Gasteiger partial charge on any atom is -0.396 e. The highest BCUT2D eigenvalue weighted by Gasteiger charge is 2.15. The monoisotopic (exact) mass is 315 g/mol. The van der Waals surface area contributed by atoms with Gasteiger partial charge in [0.05, 0.1) is 6.33 Å². The van der Waals surface area contributed by atoms with Gasteiger partial charge in [-0.1, -0.05) is 0 Å². The first-order chi connectivity index (χ1) is 9.62. The van der Waals surface area contributed by atoms with Crippen molar-refractivity contribution in [3.63, 3.8) is 0 Å². The lowest BCUT2D eigenvalue weighted by Gasteiger charge is -2.05. The number of aliphatic hydroxyl groups excluding tert-OH is 1. The Labute approximate surface area is 122 Å². The van der Waals surface area contributed by atoms with Gasteiger partial charge in [0.25, 0.3) is 0 Å². The van der Waals surface area contributed by atoms with Crippen molar-refractivity contribution in [2.45, 2.75) is 23.6 Å². The van der Waals surface area contributed by atoms with Crippen molar-refractivity contribution < 1.29 is 13.5 Å². The summed E-state index contributed by atoms with van der Waals surface area (Å²) in [5.74, 6) is 0. The number of aryl methyl sites for hydroxylation is 1. The van der Waals surface area contributed by atoms with Crippen LogP contribution in [0, 0.1) is 0 Å². The van der Waals surface area contributed by atoms with Crippen molar-refractivity contribution in [1.29, 1.82) is 0 Å². The maximum Gasteiger partial charge on any atom is 0.250 e. The van der Waals surface area contributed by atoms with E-state index < -0.39 is 10.0 Å². The van der Waals surface area contributed by atoms with Crippen LogP contribution in [0.1, 0.15) is 11.3 Å². The van der Waals surface area contributed by atoms with Gasteiger partial charge < -0.3 is 9.67 Å². The van der Waals surface area contributed by atoms with Crippen LogP contribution in [-0.2, 0) is 23.0 Å². The second-order valence-electron chi connectivity index (χ2n) is 4.25. The topological polar surface area (TPSA) is 84.2 Å². The van der Waals surface area contributed by atoms with Gasteiger partial charge in [0.1, 0.15) is 4.21 Å². The molecule has 2 rings (SSSR count). The van der Waals surface area contributed by atoms with Crippen LogP contribution in [-0.4, -0.2) is 36.2 Å². The Morgan fingerprint density at radius 3 is 2.95 bits per heavy atom. The molecular weight excluding hydrogens is 298 g/mol. The van der Waals surface area contributed by atoms with E-state index in [4.69, 9.17) is 5.11 Å². The maximum absolute atomic E-state index is 12.0. The largest absolute Gasteiger partial charge is 0.396 e. The molecule has 0 bridgehead atoms. The Bertz CT molecular complexity index is 620. The van der Waals surface area contributed by atoms with E-state index in [-0.39, 0.29) is 6.61 Å². The molecule has 0 atom stereocenters. The first-order valence-corrected chi connectivity index (χ1v) is 8.57. The third-order valence-corrected chi connectivity index (χ3v) is 5.80. The van der Waals surface area contributed by atoms with E-state index in [1.54, 1.807) is 24.7 Å². The van der Waals surface area contributed by atoms with Crippen LogP contribution in [0.2, 0.25) is 0 Å². The summed E-state index contributed by atoms with van der Waals surface area (Å²) in [4.78, 5) is 4.79. The number of nitrogens with one attached hydrogen (secondary N) is 1. The molecule has 0 aliphatic rings. The summed E-state index contributed by atoms with van der Waals surface area (Å²) < 4.78 is 28.8. The number of aromatic nitrogens is 2. The molecule has 6 nitrogen and oxygen atoms in total. The molecule has 0 radical (unpaired) electrons. The van der Waals surface area contributed by atoms with Gasteiger partial charge >= 0.3 is 0 Å². The van der Waals surface area contributed by atoms with Crippen molar-refractivity contribution in [2.24, 2.45) is 0 Å².